The topological polar surface area (TPSA) is 39.3 Å². The Morgan fingerprint density at radius 3 is 2.46 bits per heavy atom. The lowest BCUT2D eigenvalue weighted by Crippen LogP contribution is -2.54. The first-order valence-electron chi connectivity index (χ1n) is 10.7. The Kier molecular flexibility index (Phi) is 8.13. The average molecular weight is 389 g/mol. The molecule has 156 valence electrons. The Labute approximate surface area is 170 Å². The summed E-state index contributed by atoms with van der Waals surface area (Å²) < 4.78 is 5.17. The Hall–Kier alpha value is -1.63. The summed E-state index contributed by atoms with van der Waals surface area (Å²) in [6.45, 7) is 11.6. The van der Waals surface area contributed by atoms with E-state index in [1.165, 1.54) is 5.69 Å². The molecule has 3 rings (SSSR count). The van der Waals surface area contributed by atoms with Crippen molar-refractivity contribution in [3.05, 3.63) is 30.3 Å². The maximum atomic E-state index is 13.1. The van der Waals surface area contributed by atoms with Crippen LogP contribution in [0.5, 0.6) is 0 Å². The highest BCUT2D eigenvalue weighted by Gasteiger charge is 2.29. The summed E-state index contributed by atoms with van der Waals surface area (Å²) in [4.78, 5) is 22.4. The Bertz CT molecular complexity index is 589. The van der Waals surface area contributed by atoms with Crippen LogP contribution in [0.3, 0.4) is 0 Å². The van der Waals surface area contributed by atoms with Gasteiger partial charge in [0.2, 0.25) is 5.91 Å². The van der Waals surface area contributed by atoms with Gasteiger partial charge in [-0.05, 0) is 38.4 Å². The van der Waals surface area contributed by atoms with Crippen molar-refractivity contribution in [3.63, 3.8) is 0 Å². The predicted molar refractivity (Wildman–Crippen MR) is 114 cm³/mol. The van der Waals surface area contributed by atoms with E-state index < -0.39 is 0 Å². The zero-order valence-corrected chi connectivity index (χ0v) is 17.6. The third kappa shape index (κ3) is 5.69. The third-order valence-electron chi connectivity index (χ3n) is 6.06. The first-order chi connectivity index (χ1) is 13.7. The van der Waals surface area contributed by atoms with Gasteiger partial charge in [0.1, 0.15) is 0 Å². The number of anilines is 1. The highest BCUT2D eigenvalue weighted by Crippen LogP contribution is 2.17. The van der Waals surface area contributed by atoms with Crippen LogP contribution in [0.4, 0.5) is 5.69 Å². The number of nitrogens with zero attached hydrogens (tertiary/aromatic N) is 4. The molecule has 6 nitrogen and oxygen atoms in total. The number of benzene rings is 1. The number of carbonyl (C=O) groups excluding carboxylic acids is 1. The van der Waals surface area contributed by atoms with Gasteiger partial charge in [-0.25, -0.2) is 0 Å². The molecular weight excluding hydrogens is 352 g/mol. The monoisotopic (exact) mass is 388 g/mol. The van der Waals surface area contributed by atoms with Crippen molar-refractivity contribution in [2.24, 2.45) is 0 Å². The Morgan fingerprint density at radius 2 is 1.75 bits per heavy atom. The number of hydrogen-bond acceptors (Lipinski definition) is 5. The van der Waals surface area contributed by atoms with Crippen LogP contribution in [0.25, 0.3) is 0 Å². The summed E-state index contributed by atoms with van der Waals surface area (Å²) in [5.74, 6) is 0.292. The molecule has 2 aliphatic rings. The zero-order chi connectivity index (χ0) is 19.8. The van der Waals surface area contributed by atoms with Crippen molar-refractivity contribution in [3.8, 4) is 0 Å². The van der Waals surface area contributed by atoms with Crippen molar-refractivity contribution in [2.45, 2.75) is 25.8 Å². The lowest BCUT2D eigenvalue weighted by Gasteiger charge is -2.39. The molecular formula is C22H36N4O2. The second kappa shape index (κ2) is 10.8. The molecule has 0 aliphatic carbocycles. The normalized spacial score (nSPS) is 20.8. The summed E-state index contributed by atoms with van der Waals surface area (Å²) >= 11 is 0. The van der Waals surface area contributed by atoms with Crippen LogP contribution in [0.15, 0.2) is 30.3 Å². The lowest BCUT2D eigenvalue weighted by molar-refractivity contribution is -0.136. The van der Waals surface area contributed by atoms with Crippen LogP contribution < -0.4 is 4.90 Å². The van der Waals surface area contributed by atoms with Gasteiger partial charge in [0.25, 0.3) is 0 Å². The van der Waals surface area contributed by atoms with E-state index in [0.29, 0.717) is 5.91 Å². The molecule has 1 aromatic rings. The zero-order valence-electron chi connectivity index (χ0n) is 17.6. The largest absolute Gasteiger partial charge is 0.385 e. The summed E-state index contributed by atoms with van der Waals surface area (Å²) in [6, 6.07) is 10.5. The third-order valence-corrected chi connectivity index (χ3v) is 6.06. The van der Waals surface area contributed by atoms with Crippen LogP contribution in [0.1, 0.15) is 19.8 Å². The molecule has 6 heteroatoms. The minimum atomic E-state index is -0.0257. The second-order valence-electron chi connectivity index (χ2n) is 7.90. The smallest absolute Gasteiger partial charge is 0.239 e. The van der Waals surface area contributed by atoms with Crippen LogP contribution >= 0.6 is 0 Å². The Morgan fingerprint density at radius 1 is 1.00 bits per heavy atom. The molecule has 1 amide bonds. The van der Waals surface area contributed by atoms with Gasteiger partial charge in [-0.15, -0.1) is 0 Å². The number of methoxy groups -OCH3 is 1. The van der Waals surface area contributed by atoms with Gasteiger partial charge < -0.3 is 19.4 Å². The van der Waals surface area contributed by atoms with Crippen molar-refractivity contribution in [2.75, 3.05) is 77.5 Å². The quantitative estimate of drug-likeness (QED) is 0.666. The summed E-state index contributed by atoms with van der Waals surface area (Å²) in [7, 11) is 1.76. The van der Waals surface area contributed by atoms with Gasteiger partial charge >= 0.3 is 0 Å². The average Bonchev–Trinajstić information content (AvgIpc) is 2.99. The van der Waals surface area contributed by atoms with E-state index in [1.54, 1.807) is 7.11 Å². The fourth-order valence-corrected chi connectivity index (χ4v) is 4.28. The molecule has 2 saturated heterocycles. The molecule has 2 fully saturated rings. The number of piperazine rings is 1. The molecule has 0 spiro atoms. The summed E-state index contributed by atoms with van der Waals surface area (Å²) in [5, 5.41) is 0. The number of ether oxygens (including phenoxy) is 1. The lowest BCUT2D eigenvalue weighted by atomic mass is 10.2. The predicted octanol–water partition coefficient (Wildman–Crippen LogP) is 1.77. The van der Waals surface area contributed by atoms with E-state index in [1.807, 2.05) is 6.07 Å². The van der Waals surface area contributed by atoms with Gasteiger partial charge in [0.05, 0.1) is 6.04 Å². The van der Waals surface area contributed by atoms with E-state index in [0.717, 1.165) is 78.4 Å². The van der Waals surface area contributed by atoms with E-state index >= 15 is 0 Å². The molecule has 28 heavy (non-hydrogen) atoms. The van der Waals surface area contributed by atoms with Gasteiger partial charge in [-0.2, -0.15) is 0 Å². The van der Waals surface area contributed by atoms with Crippen LogP contribution in [-0.4, -0.2) is 99.3 Å². The van der Waals surface area contributed by atoms with E-state index in [9.17, 15) is 4.79 Å². The van der Waals surface area contributed by atoms with E-state index in [2.05, 4.69) is 50.8 Å². The number of hydrogen-bond donors (Lipinski definition) is 0. The molecule has 0 aromatic heterocycles. The fourth-order valence-electron chi connectivity index (χ4n) is 4.28. The number of amides is 1. The van der Waals surface area contributed by atoms with E-state index in [-0.39, 0.29) is 6.04 Å². The highest BCUT2D eigenvalue weighted by atomic mass is 16.5. The Balaban J connectivity index is 1.45. The maximum Gasteiger partial charge on any atom is 0.239 e. The maximum absolute atomic E-state index is 13.1. The molecule has 2 heterocycles. The SMILES string of the molecule is COCCCN1CCCN([C@H](C)C(=O)N2CCN(c3ccccc3)CC2)CC1. The van der Waals surface area contributed by atoms with Gasteiger partial charge in [-0.3, -0.25) is 9.69 Å². The molecule has 0 unspecified atom stereocenters. The fraction of sp³-hybridized carbons (Fsp3) is 0.682. The number of carbonyl (C=O) groups is 1. The number of para-hydroxylation sites is 1. The molecule has 2 aliphatic heterocycles. The van der Waals surface area contributed by atoms with Crippen molar-refractivity contribution in [1.29, 1.82) is 0 Å². The molecule has 0 saturated carbocycles. The highest BCUT2D eigenvalue weighted by molar-refractivity contribution is 5.81. The van der Waals surface area contributed by atoms with Gasteiger partial charge in [0.15, 0.2) is 0 Å². The minimum absolute atomic E-state index is 0.0257. The molecule has 1 aromatic carbocycles. The molecule has 1 atom stereocenters. The van der Waals surface area contributed by atoms with Crippen molar-refractivity contribution >= 4 is 11.6 Å². The first-order valence-corrected chi connectivity index (χ1v) is 10.7. The van der Waals surface area contributed by atoms with E-state index in [4.69, 9.17) is 4.74 Å². The van der Waals surface area contributed by atoms with Gasteiger partial charge in [0, 0.05) is 71.8 Å². The molecule has 0 N–H and O–H groups in total. The first kappa shape index (κ1) is 21.1. The van der Waals surface area contributed by atoms with Gasteiger partial charge in [-0.1, -0.05) is 18.2 Å². The van der Waals surface area contributed by atoms with Crippen LogP contribution in [0.2, 0.25) is 0 Å². The van der Waals surface area contributed by atoms with Crippen LogP contribution in [-0.2, 0) is 9.53 Å². The second-order valence-corrected chi connectivity index (χ2v) is 7.90. The van der Waals surface area contributed by atoms with Crippen LogP contribution in [0, 0.1) is 0 Å². The minimum Gasteiger partial charge on any atom is -0.385 e. The number of rotatable bonds is 7. The van der Waals surface area contributed by atoms with Crippen molar-refractivity contribution in [1.82, 2.24) is 14.7 Å². The summed E-state index contributed by atoms with van der Waals surface area (Å²) in [5.41, 5.74) is 1.25. The molecule has 0 radical (unpaired) electrons. The molecule has 0 bridgehead atoms. The summed E-state index contributed by atoms with van der Waals surface area (Å²) in [6.07, 6.45) is 2.21. The van der Waals surface area contributed by atoms with Crippen molar-refractivity contribution < 1.29 is 9.53 Å². The standard InChI is InChI=1S/C22H36N4O2/c1-20(24-12-6-10-23(13-14-24)11-7-19-28-2)22(27)26-17-15-25(16-18-26)21-8-4-3-5-9-21/h3-5,8-9,20H,6-7,10-19H2,1-2H3/t20-/m1/s1.